The third-order valence-corrected chi connectivity index (χ3v) is 3.35. The van der Waals surface area contributed by atoms with E-state index in [4.69, 9.17) is 5.11 Å². The first-order valence-corrected chi connectivity index (χ1v) is 5.73. The van der Waals surface area contributed by atoms with Crippen LogP contribution >= 0.6 is 0 Å². The van der Waals surface area contributed by atoms with Gasteiger partial charge in [0.25, 0.3) is 0 Å². The molecule has 0 radical (unpaired) electrons. The maximum Gasteiger partial charge on any atom is 0.328 e. The Morgan fingerprint density at radius 3 is 2.17 bits per heavy atom. The molecule has 0 aromatic rings. The summed E-state index contributed by atoms with van der Waals surface area (Å²) in [5, 5.41) is 12.9. The first-order chi connectivity index (χ1) is 8.33. The van der Waals surface area contributed by atoms with Gasteiger partial charge in [0.1, 0.15) is 5.41 Å². The number of nitrogens with one attached hydrogen (secondary N) is 2. The summed E-state index contributed by atoms with van der Waals surface area (Å²) in [5.41, 5.74) is -1.35. The van der Waals surface area contributed by atoms with Crippen molar-refractivity contribution in [3.63, 3.8) is 0 Å². The van der Waals surface area contributed by atoms with Crippen LogP contribution < -0.4 is 10.6 Å². The van der Waals surface area contributed by atoms with Gasteiger partial charge in [0.05, 0.1) is 5.92 Å². The van der Waals surface area contributed by atoms with Gasteiger partial charge in [0.2, 0.25) is 11.8 Å². The van der Waals surface area contributed by atoms with Crippen LogP contribution in [0.3, 0.4) is 0 Å². The van der Waals surface area contributed by atoms with E-state index in [1.165, 1.54) is 6.92 Å². The molecule has 4 amide bonds. The zero-order valence-electron chi connectivity index (χ0n) is 10.3. The lowest BCUT2D eigenvalue weighted by atomic mass is 9.76. The summed E-state index contributed by atoms with van der Waals surface area (Å²) < 4.78 is 0. The Morgan fingerprint density at radius 1 is 1.28 bits per heavy atom. The number of hydrogen-bond donors (Lipinski definition) is 3. The van der Waals surface area contributed by atoms with Crippen molar-refractivity contribution in [3.8, 4) is 0 Å². The van der Waals surface area contributed by atoms with Gasteiger partial charge in [-0.15, -0.1) is 0 Å². The number of carboxylic acids is 1. The minimum Gasteiger partial charge on any atom is -0.481 e. The second kappa shape index (κ2) is 5.16. The van der Waals surface area contributed by atoms with E-state index in [1.807, 2.05) is 10.6 Å². The molecule has 0 aromatic heterocycles. The van der Waals surface area contributed by atoms with E-state index < -0.39 is 35.1 Å². The van der Waals surface area contributed by atoms with Crippen LogP contribution in [0.5, 0.6) is 0 Å². The molecule has 1 heterocycles. The predicted molar refractivity (Wildman–Crippen MR) is 60.4 cm³/mol. The van der Waals surface area contributed by atoms with Gasteiger partial charge in [-0.05, 0) is 19.3 Å². The van der Waals surface area contributed by atoms with Gasteiger partial charge in [0, 0.05) is 0 Å². The number of amides is 4. The summed E-state index contributed by atoms with van der Waals surface area (Å²) in [6.07, 6.45) is 0.504. The highest BCUT2D eigenvalue weighted by Gasteiger charge is 2.48. The van der Waals surface area contributed by atoms with E-state index in [0.717, 1.165) is 0 Å². The van der Waals surface area contributed by atoms with E-state index in [9.17, 15) is 19.2 Å². The van der Waals surface area contributed by atoms with Crippen molar-refractivity contribution < 1.29 is 24.3 Å². The molecule has 0 spiro atoms. The molecular weight excluding hydrogens is 240 g/mol. The third kappa shape index (κ3) is 2.49. The van der Waals surface area contributed by atoms with Gasteiger partial charge in [0.15, 0.2) is 0 Å². The van der Waals surface area contributed by atoms with Crippen LogP contribution in [-0.4, -0.2) is 28.9 Å². The van der Waals surface area contributed by atoms with Gasteiger partial charge in [-0.3, -0.25) is 25.0 Å². The fraction of sp³-hybridized carbons (Fsp3) is 0.636. The number of carboxylic acid groups (broad SMARTS) is 1. The van der Waals surface area contributed by atoms with Crippen molar-refractivity contribution in [2.45, 2.75) is 33.1 Å². The van der Waals surface area contributed by atoms with E-state index in [-0.39, 0.29) is 19.3 Å². The zero-order valence-corrected chi connectivity index (χ0v) is 10.3. The Balaban J connectivity index is 2.84. The van der Waals surface area contributed by atoms with Crippen LogP contribution in [0.1, 0.15) is 33.1 Å². The standard InChI is InChI=1S/C11H16N2O5/c1-3-11(5-4-6(2)7(14)15)8(16)12-10(18)13-9(11)17/h6H,3-5H2,1-2H3,(H,14,15)(H2,12,13,16,17,18). The summed E-state index contributed by atoms with van der Waals surface area (Å²) in [6.45, 7) is 3.16. The number of carbonyl (C=O) groups excluding carboxylic acids is 3. The van der Waals surface area contributed by atoms with Gasteiger partial charge >= 0.3 is 12.0 Å². The van der Waals surface area contributed by atoms with E-state index >= 15 is 0 Å². The Bertz CT molecular complexity index is 384. The van der Waals surface area contributed by atoms with Crippen LogP contribution in [0.15, 0.2) is 0 Å². The Morgan fingerprint density at radius 2 is 1.78 bits per heavy atom. The average Bonchev–Trinajstić information content (AvgIpc) is 2.28. The van der Waals surface area contributed by atoms with Crippen LogP contribution in [0.25, 0.3) is 0 Å². The SMILES string of the molecule is CCC1(CCC(C)C(=O)O)C(=O)NC(=O)NC1=O. The topological polar surface area (TPSA) is 113 Å². The highest BCUT2D eigenvalue weighted by molar-refractivity contribution is 6.19. The van der Waals surface area contributed by atoms with Crippen molar-refractivity contribution >= 4 is 23.8 Å². The van der Waals surface area contributed by atoms with Gasteiger partial charge in [-0.2, -0.15) is 0 Å². The molecule has 3 N–H and O–H groups in total. The lowest BCUT2D eigenvalue weighted by molar-refractivity contribution is -0.148. The number of rotatable bonds is 5. The Kier molecular flexibility index (Phi) is 4.05. The molecule has 1 saturated heterocycles. The minimum absolute atomic E-state index is 0.0991. The first kappa shape index (κ1) is 14.1. The molecule has 0 aliphatic carbocycles. The van der Waals surface area contributed by atoms with Gasteiger partial charge < -0.3 is 5.11 Å². The van der Waals surface area contributed by atoms with Gasteiger partial charge in [-0.1, -0.05) is 13.8 Å². The molecule has 100 valence electrons. The quantitative estimate of drug-likeness (QED) is 0.610. The Labute approximate surface area is 104 Å². The summed E-state index contributed by atoms with van der Waals surface area (Å²) in [7, 11) is 0. The largest absolute Gasteiger partial charge is 0.481 e. The molecule has 1 aliphatic rings. The van der Waals surface area contributed by atoms with Crippen molar-refractivity contribution in [1.82, 2.24) is 10.6 Å². The molecule has 1 rings (SSSR count). The summed E-state index contributed by atoms with van der Waals surface area (Å²) >= 11 is 0. The fourth-order valence-electron chi connectivity index (χ4n) is 1.89. The van der Waals surface area contributed by atoms with Crippen molar-refractivity contribution in [2.75, 3.05) is 0 Å². The molecule has 1 atom stereocenters. The normalized spacial score (nSPS) is 20.0. The molecule has 1 aliphatic heterocycles. The molecule has 1 fully saturated rings. The van der Waals surface area contributed by atoms with E-state index in [2.05, 4.69) is 0 Å². The van der Waals surface area contributed by atoms with Gasteiger partial charge in [-0.25, -0.2) is 4.79 Å². The summed E-state index contributed by atoms with van der Waals surface area (Å²) in [5.74, 6) is -2.94. The van der Waals surface area contributed by atoms with E-state index in [0.29, 0.717) is 0 Å². The number of aliphatic carboxylic acids is 1. The highest BCUT2D eigenvalue weighted by atomic mass is 16.4. The molecule has 7 heteroatoms. The van der Waals surface area contributed by atoms with Crippen LogP contribution in [0.2, 0.25) is 0 Å². The first-order valence-electron chi connectivity index (χ1n) is 5.73. The lowest BCUT2D eigenvalue weighted by Crippen LogP contribution is -2.62. The van der Waals surface area contributed by atoms with Crippen LogP contribution in [0.4, 0.5) is 4.79 Å². The highest BCUT2D eigenvalue weighted by Crippen LogP contribution is 2.32. The number of imide groups is 2. The molecule has 0 aromatic carbocycles. The second-order valence-corrected chi connectivity index (χ2v) is 4.45. The Hall–Kier alpha value is -1.92. The number of carbonyl (C=O) groups is 4. The smallest absolute Gasteiger partial charge is 0.328 e. The van der Waals surface area contributed by atoms with Crippen molar-refractivity contribution in [3.05, 3.63) is 0 Å². The molecule has 0 saturated carbocycles. The fourth-order valence-corrected chi connectivity index (χ4v) is 1.89. The minimum atomic E-state index is -1.35. The molecule has 18 heavy (non-hydrogen) atoms. The average molecular weight is 256 g/mol. The van der Waals surface area contributed by atoms with Crippen LogP contribution in [-0.2, 0) is 14.4 Å². The number of barbiturate groups is 1. The number of urea groups is 1. The predicted octanol–water partition coefficient (Wildman–Crippen LogP) is 0.250. The molecular formula is C11H16N2O5. The lowest BCUT2D eigenvalue weighted by Gasteiger charge is -2.33. The molecule has 0 bridgehead atoms. The zero-order chi connectivity index (χ0) is 13.9. The number of hydrogen-bond acceptors (Lipinski definition) is 4. The third-order valence-electron chi connectivity index (χ3n) is 3.35. The molecule has 1 unspecified atom stereocenters. The van der Waals surface area contributed by atoms with Crippen LogP contribution in [0, 0.1) is 11.3 Å². The maximum atomic E-state index is 11.8. The maximum absolute atomic E-state index is 11.8. The van der Waals surface area contributed by atoms with Crippen molar-refractivity contribution in [1.29, 1.82) is 0 Å². The van der Waals surface area contributed by atoms with Crippen molar-refractivity contribution in [2.24, 2.45) is 11.3 Å². The second-order valence-electron chi connectivity index (χ2n) is 4.45. The summed E-state index contributed by atoms with van der Waals surface area (Å²) in [4.78, 5) is 45.3. The molecule has 7 nitrogen and oxygen atoms in total. The summed E-state index contributed by atoms with van der Waals surface area (Å²) in [6, 6.07) is -0.833. The van der Waals surface area contributed by atoms with E-state index in [1.54, 1.807) is 6.92 Å². The monoisotopic (exact) mass is 256 g/mol.